The van der Waals surface area contributed by atoms with Gasteiger partial charge in [-0.05, 0) is 25.5 Å². The molecule has 1 saturated heterocycles. The van der Waals surface area contributed by atoms with Crippen LogP contribution in [0, 0.1) is 0 Å². The third-order valence-corrected chi connectivity index (χ3v) is 4.81. The number of carbonyl (C=O) groups excluding carboxylic acids is 1. The number of ether oxygens (including phenoxy) is 1. The number of likely N-dealkylation sites (tertiary alicyclic amines) is 1. The monoisotopic (exact) mass is 370 g/mol. The summed E-state index contributed by atoms with van der Waals surface area (Å²) in [5, 5.41) is 17.0. The van der Waals surface area contributed by atoms with Gasteiger partial charge in [0.2, 0.25) is 5.95 Å². The molecule has 3 N–H and O–H groups in total. The molecule has 2 amide bonds. The molecule has 3 heterocycles. The standard InChI is InChI=1S/C18H22N6O3/c1-18(26)6-7-24(10-18)17(25)22-16-20-14-12(11-8-19-23(2)9-11)4-5-13(27-3)15(14)21-16/h4-5,8-9,26H,6-7,10H2,1-3H3,(H2,20,21,22,25). The van der Waals surface area contributed by atoms with Gasteiger partial charge in [-0.3, -0.25) is 10.00 Å². The summed E-state index contributed by atoms with van der Waals surface area (Å²) in [5.74, 6) is 0.964. The van der Waals surface area contributed by atoms with Crippen molar-refractivity contribution in [3.05, 3.63) is 24.5 Å². The van der Waals surface area contributed by atoms with E-state index in [1.807, 2.05) is 25.4 Å². The summed E-state index contributed by atoms with van der Waals surface area (Å²) in [5.41, 5.74) is 2.35. The molecule has 1 atom stereocenters. The maximum absolute atomic E-state index is 12.5. The Morgan fingerprint density at radius 1 is 1.44 bits per heavy atom. The number of H-pyrrole nitrogens is 1. The number of nitrogens with one attached hydrogen (secondary N) is 2. The van der Waals surface area contributed by atoms with Crippen LogP contribution in [0.3, 0.4) is 0 Å². The van der Waals surface area contributed by atoms with Gasteiger partial charge in [0.05, 0.1) is 25.5 Å². The van der Waals surface area contributed by atoms with Crippen LogP contribution in [0.1, 0.15) is 13.3 Å². The number of hydrogen-bond donors (Lipinski definition) is 3. The number of β-amino-alcohol motifs (C(OH)–C–C–N with tert-alkyl or cyclic N) is 1. The summed E-state index contributed by atoms with van der Waals surface area (Å²) >= 11 is 0. The number of carbonyl (C=O) groups is 1. The topological polar surface area (TPSA) is 108 Å². The Morgan fingerprint density at radius 3 is 2.89 bits per heavy atom. The van der Waals surface area contributed by atoms with Crippen molar-refractivity contribution in [2.24, 2.45) is 7.05 Å². The van der Waals surface area contributed by atoms with Crippen LogP contribution in [-0.4, -0.2) is 61.6 Å². The van der Waals surface area contributed by atoms with E-state index in [0.717, 1.165) is 11.1 Å². The fraction of sp³-hybridized carbons (Fsp3) is 0.389. The van der Waals surface area contributed by atoms with E-state index < -0.39 is 5.60 Å². The molecule has 9 nitrogen and oxygen atoms in total. The third-order valence-electron chi connectivity index (χ3n) is 4.81. The molecule has 1 fully saturated rings. The number of urea groups is 1. The fourth-order valence-corrected chi connectivity index (χ4v) is 3.39. The van der Waals surface area contributed by atoms with Gasteiger partial charge in [-0.2, -0.15) is 5.10 Å². The molecule has 27 heavy (non-hydrogen) atoms. The van der Waals surface area contributed by atoms with E-state index >= 15 is 0 Å². The van der Waals surface area contributed by atoms with Crippen molar-refractivity contribution in [3.8, 4) is 16.9 Å². The second kappa shape index (κ2) is 6.27. The maximum Gasteiger partial charge on any atom is 0.324 e. The summed E-state index contributed by atoms with van der Waals surface area (Å²) in [4.78, 5) is 21.8. The van der Waals surface area contributed by atoms with E-state index in [-0.39, 0.29) is 6.03 Å². The molecule has 142 valence electrons. The molecular weight excluding hydrogens is 348 g/mol. The average Bonchev–Trinajstić information content (AvgIpc) is 3.32. The summed E-state index contributed by atoms with van der Waals surface area (Å²) in [6, 6.07) is 3.47. The lowest BCUT2D eigenvalue weighted by molar-refractivity contribution is 0.0727. The van der Waals surface area contributed by atoms with Crippen molar-refractivity contribution in [3.63, 3.8) is 0 Å². The molecule has 9 heteroatoms. The highest BCUT2D eigenvalue weighted by Crippen LogP contribution is 2.34. The predicted molar refractivity (Wildman–Crippen MR) is 101 cm³/mol. The Hall–Kier alpha value is -3.07. The largest absolute Gasteiger partial charge is 0.494 e. The Morgan fingerprint density at radius 2 is 2.26 bits per heavy atom. The van der Waals surface area contributed by atoms with Crippen LogP contribution in [0.15, 0.2) is 24.5 Å². The number of imidazole rings is 1. The Bertz CT molecular complexity index is 1010. The zero-order chi connectivity index (χ0) is 19.2. The van der Waals surface area contributed by atoms with E-state index in [1.165, 1.54) is 0 Å². The van der Waals surface area contributed by atoms with Crippen LogP contribution in [0.4, 0.5) is 10.7 Å². The van der Waals surface area contributed by atoms with Crippen molar-refractivity contribution < 1.29 is 14.6 Å². The van der Waals surface area contributed by atoms with Gasteiger partial charge < -0.3 is 19.7 Å². The number of aromatic nitrogens is 4. The van der Waals surface area contributed by atoms with Crippen LogP contribution < -0.4 is 10.1 Å². The minimum absolute atomic E-state index is 0.295. The molecule has 3 aromatic rings. The number of aryl methyl sites for hydroxylation is 1. The Balaban J connectivity index is 1.67. The molecular formula is C18H22N6O3. The van der Waals surface area contributed by atoms with Crippen molar-refractivity contribution in [1.29, 1.82) is 0 Å². The van der Waals surface area contributed by atoms with Gasteiger partial charge in [-0.1, -0.05) is 0 Å². The number of anilines is 1. The van der Waals surface area contributed by atoms with Gasteiger partial charge in [-0.25, -0.2) is 9.78 Å². The van der Waals surface area contributed by atoms with Gasteiger partial charge in [0.25, 0.3) is 0 Å². The molecule has 1 aliphatic rings. The predicted octanol–water partition coefficient (Wildman–Crippen LogP) is 1.96. The van der Waals surface area contributed by atoms with E-state index in [4.69, 9.17) is 4.74 Å². The van der Waals surface area contributed by atoms with Crippen LogP contribution in [-0.2, 0) is 7.05 Å². The normalized spacial score (nSPS) is 19.6. The first-order valence-electron chi connectivity index (χ1n) is 8.70. The summed E-state index contributed by atoms with van der Waals surface area (Å²) in [6.45, 7) is 2.53. The highest BCUT2D eigenvalue weighted by molar-refractivity contribution is 5.98. The number of benzene rings is 1. The first kappa shape index (κ1) is 17.3. The molecule has 1 unspecified atom stereocenters. The maximum atomic E-state index is 12.5. The number of nitrogens with zero attached hydrogens (tertiary/aromatic N) is 4. The number of methoxy groups -OCH3 is 1. The van der Waals surface area contributed by atoms with E-state index in [2.05, 4.69) is 20.4 Å². The molecule has 1 aliphatic heterocycles. The van der Waals surface area contributed by atoms with Gasteiger partial charge in [0.1, 0.15) is 16.8 Å². The van der Waals surface area contributed by atoms with Crippen molar-refractivity contribution in [2.45, 2.75) is 18.9 Å². The van der Waals surface area contributed by atoms with E-state index in [9.17, 15) is 9.90 Å². The molecule has 4 rings (SSSR count). The number of hydrogen-bond acceptors (Lipinski definition) is 5. The highest BCUT2D eigenvalue weighted by Gasteiger charge is 2.34. The Labute approximate surface area is 155 Å². The summed E-state index contributed by atoms with van der Waals surface area (Å²) in [7, 11) is 3.44. The third kappa shape index (κ3) is 3.21. The number of fused-ring (bicyclic) bond motifs is 1. The average molecular weight is 370 g/mol. The highest BCUT2D eigenvalue weighted by atomic mass is 16.5. The van der Waals surface area contributed by atoms with Crippen LogP contribution in [0.5, 0.6) is 5.75 Å². The van der Waals surface area contributed by atoms with Gasteiger partial charge >= 0.3 is 6.03 Å². The smallest absolute Gasteiger partial charge is 0.324 e. The number of aromatic amines is 1. The SMILES string of the molecule is COc1ccc(-c2cnn(C)c2)c2nc(NC(=O)N3CCC(C)(O)C3)[nH]c12. The lowest BCUT2D eigenvalue weighted by atomic mass is 10.1. The Kier molecular flexibility index (Phi) is 4.03. The number of amides is 2. The van der Waals surface area contributed by atoms with Crippen LogP contribution in [0.2, 0.25) is 0 Å². The second-order valence-electron chi connectivity index (χ2n) is 7.13. The van der Waals surface area contributed by atoms with Gasteiger partial charge in [0.15, 0.2) is 0 Å². The molecule has 0 radical (unpaired) electrons. The molecule has 1 aromatic carbocycles. The first-order chi connectivity index (χ1) is 12.9. The quantitative estimate of drug-likeness (QED) is 0.653. The molecule has 0 saturated carbocycles. The van der Waals surface area contributed by atoms with E-state index in [0.29, 0.717) is 42.2 Å². The summed E-state index contributed by atoms with van der Waals surface area (Å²) in [6.07, 6.45) is 4.22. The lowest BCUT2D eigenvalue weighted by Gasteiger charge is -2.18. The molecule has 0 spiro atoms. The van der Waals surface area contributed by atoms with E-state index in [1.54, 1.807) is 29.8 Å². The number of rotatable bonds is 3. The minimum Gasteiger partial charge on any atom is -0.494 e. The van der Waals surface area contributed by atoms with Gasteiger partial charge in [-0.15, -0.1) is 0 Å². The van der Waals surface area contributed by atoms with Crippen molar-refractivity contribution >= 4 is 23.0 Å². The first-order valence-corrected chi connectivity index (χ1v) is 8.70. The lowest BCUT2D eigenvalue weighted by Crippen LogP contribution is -2.36. The molecule has 0 bridgehead atoms. The van der Waals surface area contributed by atoms with Crippen LogP contribution in [0.25, 0.3) is 22.2 Å². The minimum atomic E-state index is -0.845. The fourth-order valence-electron chi connectivity index (χ4n) is 3.39. The number of aliphatic hydroxyl groups is 1. The van der Waals surface area contributed by atoms with Crippen molar-refractivity contribution in [1.82, 2.24) is 24.6 Å². The zero-order valence-electron chi connectivity index (χ0n) is 15.5. The zero-order valence-corrected chi connectivity index (χ0v) is 15.5. The summed E-state index contributed by atoms with van der Waals surface area (Å²) < 4.78 is 7.14. The van der Waals surface area contributed by atoms with Crippen molar-refractivity contribution in [2.75, 3.05) is 25.5 Å². The molecule has 2 aromatic heterocycles. The van der Waals surface area contributed by atoms with Gasteiger partial charge in [0, 0.05) is 30.9 Å². The molecule has 0 aliphatic carbocycles. The second-order valence-corrected chi connectivity index (χ2v) is 7.13. The van der Waals surface area contributed by atoms with Crippen LogP contribution >= 0.6 is 0 Å².